The van der Waals surface area contributed by atoms with Crippen molar-refractivity contribution >= 4 is 64.6 Å². The first kappa shape index (κ1) is 30.5. The highest BCUT2D eigenvalue weighted by Gasteiger charge is 2.19. The van der Waals surface area contributed by atoms with Crippen LogP contribution in [0.15, 0.2) is 194 Å². The Morgan fingerprint density at radius 2 is 0.778 bits per heavy atom. The lowest BCUT2D eigenvalue weighted by Crippen LogP contribution is -1.98. The molecule has 54 heavy (non-hydrogen) atoms. The summed E-state index contributed by atoms with van der Waals surface area (Å²) in [5.74, 6) is 0.715. The molecule has 0 spiro atoms. The van der Waals surface area contributed by atoms with E-state index < -0.39 is 0 Å². The first-order valence-corrected chi connectivity index (χ1v) is 18.5. The molecule has 1 heterocycles. The minimum Gasteiger partial charge on any atom is -0.228 e. The summed E-state index contributed by atoms with van der Waals surface area (Å²) in [5.41, 5.74) is 7.25. The minimum absolute atomic E-state index is 0.715. The molecule has 0 saturated carbocycles. The van der Waals surface area contributed by atoms with Gasteiger partial charge in [0, 0.05) is 16.7 Å². The fourth-order valence-electron chi connectivity index (χ4n) is 8.47. The number of fused-ring (bicyclic) bond motifs is 9. The van der Waals surface area contributed by atoms with Gasteiger partial charge in [-0.3, -0.25) is 0 Å². The molecule has 2 heteroatoms. The first-order chi connectivity index (χ1) is 26.8. The van der Waals surface area contributed by atoms with Crippen LogP contribution in [0.5, 0.6) is 0 Å². The third-order valence-electron chi connectivity index (χ3n) is 11.0. The normalized spacial score (nSPS) is 11.7. The summed E-state index contributed by atoms with van der Waals surface area (Å²) in [7, 11) is 0. The Bertz CT molecular complexity index is 3270. The zero-order chi connectivity index (χ0) is 35.6. The van der Waals surface area contributed by atoms with Crippen molar-refractivity contribution in [3.8, 4) is 45.0 Å². The van der Waals surface area contributed by atoms with Crippen LogP contribution in [0.25, 0.3) is 110 Å². The molecule has 0 saturated heterocycles. The minimum atomic E-state index is 0.715. The van der Waals surface area contributed by atoms with Crippen molar-refractivity contribution in [1.82, 2.24) is 9.97 Å². The van der Waals surface area contributed by atoms with E-state index in [1.165, 1.54) is 53.9 Å². The average Bonchev–Trinajstić information content (AvgIpc) is 3.25. The molecule has 11 rings (SSSR count). The Morgan fingerprint density at radius 3 is 1.54 bits per heavy atom. The second-order valence-corrected chi connectivity index (χ2v) is 14.1. The summed E-state index contributed by atoms with van der Waals surface area (Å²) in [4.78, 5) is 11.0. The molecule has 0 aliphatic carbocycles. The summed E-state index contributed by atoms with van der Waals surface area (Å²) in [6.07, 6.45) is 0. The molecule has 0 fully saturated rings. The number of benzene rings is 10. The molecule has 0 radical (unpaired) electrons. The van der Waals surface area contributed by atoms with Gasteiger partial charge >= 0.3 is 0 Å². The predicted molar refractivity (Wildman–Crippen MR) is 229 cm³/mol. The second kappa shape index (κ2) is 12.2. The molecular weight excluding hydrogens is 653 g/mol. The molecule has 250 valence electrons. The maximum absolute atomic E-state index is 5.49. The molecular formula is C52H32N2. The molecule has 0 aliphatic rings. The maximum atomic E-state index is 5.49. The van der Waals surface area contributed by atoms with Gasteiger partial charge in [0.1, 0.15) is 0 Å². The molecule has 0 unspecified atom stereocenters. The summed E-state index contributed by atoms with van der Waals surface area (Å²) in [6.45, 7) is 0. The van der Waals surface area contributed by atoms with E-state index in [2.05, 4.69) is 194 Å². The largest absolute Gasteiger partial charge is 0.228 e. The summed E-state index contributed by atoms with van der Waals surface area (Å²) < 4.78 is 0. The van der Waals surface area contributed by atoms with E-state index in [0.717, 1.165) is 50.0 Å². The standard InChI is InChI=1S/C52H32N2/c1-2-12-33(13-3-1)40-18-10-11-21-46(40)50-32-49(38-25-26-42-37(30-38)24-28-44-39-17-7-4-14-34(39)22-27-45(42)44)53-52(54-50)51-43-20-9-6-16-36(43)31-48-41-19-8-5-15-35(41)23-29-47(48)51/h1-32H. The van der Waals surface area contributed by atoms with Crippen LogP contribution < -0.4 is 0 Å². The third-order valence-corrected chi connectivity index (χ3v) is 11.0. The molecule has 0 atom stereocenters. The highest BCUT2D eigenvalue weighted by molar-refractivity contribution is 6.20. The predicted octanol–water partition coefficient (Wildman–Crippen LogP) is 14.1. The Labute approximate surface area is 312 Å². The molecule has 10 aromatic carbocycles. The van der Waals surface area contributed by atoms with Gasteiger partial charge in [-0.25, -0.2) is 9.97 Å². The van der Waals surface area contributed by atoms with Crippen LogP contribution in [-0.4, -0.2) is 9.97 Å². The lowest BCUT2D eigenvalue weighted by Gasteiger charge is -2.16. The number of aromatic nitrogens is 2. The number of rotatable bonds is 4. The Hall–Kier alpha value is -7.16. The van der Waals surface area contributed by atoms with Crippen LogP contribution in [0.2, 0.25) is 0 Å². The van der Waals surface area contributed by atoms with E-state index in [0.29, 0.717) is 5.82 Å². The van der Waals surface area contributed by atoms with Gasteiger partial charge in [-0.1, -0.05) is 176 Å². The Balaban J connectivity index is 1.20. The molecule has 0 amide bonds. The van der Waals surface area contributed by atoms with Crippen molar-refractivity contribution in [2.24, 2.45) is 0 Å². The smallest absolute Gasteiger partial charge is 0.161 e. The van der Waals surface area contributed by atoms with E-state index in [1.54, 1.807) is 0 Å². The van der Waals surface area contributed by atoms with Crippen LogP contribution in [0, 0.1) is 0 Å². The van der Waals surface area contributed by atoms with E-state index in [-0.39, 0.29) is 0 Å². The molecule has 0 bridgehead atoms. The lowest BCUT2D eigenvalue weighted by atomic mass is 9.92. The highest BCUT2D eigenvalue weighted by atomic mass is 14.9. The van der Waals surface area contributed by atoms with Gasteiger partial charge < -0.3 is 0 Å². The Morgan fingerprint density at radius 1 is 0.259 bits per heavy atom. The van der Waals surface area contributed by atoms with Crippen molar-refractivity contribution in [3.63, 3.8) is 0 Å². The van der Waals surface area contributed by atoms with Gasteiger partial charge in [0.15, 0.2) is 5.82 Å². The number of hydrogen-bond donors (Lipinski definition) is 0. The third kappa shape index (κ3) is 4.88. The van der Waals surface area contributed by atoms with Crippen molar-refractivity contribution in [1.29, 1.82) is 0 Å². The van der Waals surface area contributed by atoms with Gasteiger partial charge in [0.25, 0.3) is 0 Å². The molecule has 0 N–H and O–H groups in total. The average molecular weight is 685 g/mol. The topological polar surface area (TPSA) is 25.8 Å². The molecule has 2 nitrogen and oxygen atoms in total. The van der Waals surface area contributed by atoms with Crippen LogP contribution in [0.3, 0.4) is 0 Å². The fraction of sp³-hybridized carbons (Fsp3) is 0. The van der Waals surface area contributed by atoms with Gasteiger partial charge in [-0.2, -0.15) is 0 Å². The van der Waals surface area contributed by atoms with E-state index in [9.17, 15) is 0 Å². The first-order valence-electron chi connectivity index (χ1n) is 18.5. The van der Waals surface area contributed by atoms with Gasteiger partial charge in [-0.15, -0.1) is 0 Å². The van der Waals surface area contributed by atoms with E-state index in [4.69, 9.17) is 9.97 Å². The van der Waals surface area contributed by atoms with Crippen molar-refractivity contribution in [3.05, 3.63) is 194 Å². The van der Waals surface area contributed by atoms with Gasteiger partial charge in [-0.05, 0) is 94.0 Å². The van der Waals surface area contributed by atoms with Crippen molar-refractivity contribution in [2.75, 3.05) is 0 Å². The summed E-state index contributed by atoms with van der Waals surface area (Å²) in [5, 5.41) is 14.6. The van der Waals surface area contributed by atoms with E-state index in [1.807, 2.05) is 0 Å². The van der Waals surface area contributed by atoms with Crippen molar-refractivity contribution < 1.29 is 0 Å². The number of nitrogens with zero attached hydrogens (tertiary/aromatic N) is 2. The monoisotopic (exact) mass is 684 g/mol. The highest BCUT2D eigenvalue weighted by Crippen LogP contribution is 2.41. The molecule has 11 aromatic rings. The summed E-state index contributed by atoms with van der Waals surface area (Å²) >= 11 is 0. The number of hydrogen-bond acceptors (Lipinski definition) is 2. The van der Waals surface area contributed by atoms with Crippen LogP contribution in [0.4, 0.5) is 0 Å². The van der Waals surface area contributed by atoms with Crippen LogP contribution >= 0.6 is 0 Å². The lowest BCUT2D eigenvalue weighted by molar-refractivity contribution is 1.19. The maximum Gasteiger partial charge on any atom is 0.161 e. The fourth-order valence-corrected chi connectivity index (χ4v) is 8.47. The zero-order valence-corrected chi connectivity index (χ0v) is 29.4. The quantitative estimate of drug-likeness (QED) is 0.136. The van der Waals surface area contributed by atoms with Gasteiger partial charge in [0.2, 0.25) is 0 Å². The summed E-state index contributed by atoms with van der Waals surface area (Å²) in [6, 6.07) is 69.8. The van der Waals surface area contributed by atoms with Crippen LogP contribution in [-0.2, 0) is 0 Å². The SMILES string of the molecule is c1ccc(-c2ccccc2-c2cc(-c3ccc4c(ccc5c6ccccc6ccc45)c3)nc(-c3c4ccccc4cc4c3ccc3ccccc34)n2)cc1. The second-order valence-electron chi connectivity index (χ2n) is 14.1. The van der Waals surface area contributed by atoms with E-state index >= 15 is 0 Å². The van der Waals surface area contributed by atoms with Gasteiger partial charge in [0.05, 0.1) is 11.4 Å². The van der Waals surface area contributed by atoms with Crippen LogP contribution in [0.1, 0.15) is 0 Å². The molecule has 0 aliphatic heterocycles. The molecule has 1 aromatic heterocycles. The Kier molecular flexibility index (Phi) is 6.90. The van der Waals surface area contributed by atoms with Crippen molar-refractivity contribution in [2.45, 2.75) is 0 Å². The zero-order valence-electron chi connectivity index (χ0n) is 29.4.